The normalized spacial score (nSPS) is 25.2. The highest BCUT2D eigenvalue weighted by Gasteiger charge is 2.35. The Bertz CT molecular complexity index is 605. The number of hydrogen-bond acceptors (Lipinski definition) is 2. The van der Waals surface area contributed by atoms with Crippen LogP contribution in [-0.4, -0.2) is 16.2 Å². The van der Waals surface area contributed by atoms with Crippen LogP contribution in [0.15, 0.2) is 24.3 Å². The van der Waals surface area contributed by atoms with Crippen molar-refractivity contribution < 1.29 is 0 Å². The van der Waals surface area contributed by atoms with Crippen molar-refractivity contribution in [1.82, 2.24) is 15.5 Å². The average Bonchev–Trinajstić information content (AvgIpc) is 2.95. The van der Waals surface area contributed by atoms with Crippen LogP contribution < -0.4 is 5.32 Å². The Morgan fingerprint density at radius 1 is 1.28 bits per heavy atom. The molecule has 1 aromatic carbocycles. The summed E-state index contributed by atoms with van der Waals surface area (Å²) in [6, 6.07) is 9.03. The molecule has 4 heteroatoms. The Morgan fingerprint density at radius 2 is 2.22 bits per heavy atom. The SMILES string of the molecule is Clc1cccc(-c2n[nH]c3c2[C@@H]2CC[C@@H](C3)N2)c1. The number of H-pyrrole nitrogens is 1. The number of fused-ring (bicyclic) bond motifs is 4. The van der Waals surface area contributed by atoms with E-state index in [-0.39, 0.29) is 0 Å². The van der Waals surface area contributed by atoms with Gasteiger partial charge in [-0.1, -0.05) is 23.7 Å². The van der Waals surface area contributed by atoms with Gasteiger partial charge in [0, 0.05) is 40.3 Å². The highest BCUT2D eigenvalue weighted by molar-refractivity contribution is 6.30. The highest BCUT2D eigenvalue weighted by atomic mass is 35.5. The van der Waals surface area contributed by atoms with Gasteiger partial charge in [-0.3, -0.25) is 5.10 Å². The summed E-state index contributed by atoms with van der Waals surface area (Å²) in [7, 11) is 0. The van der Waals surface area contributed by atoms with Gasteiger partial charge in [0.05, 0.1) is 5.69 Å². The highest BCUT2D eigenvalue weighted by Crippen LogP contribution is 2.40. The maximum atomic E-state index is 6.07. The molecule has 1 saturated heterocycles. The Morgan fingerprint density at radius 3 is 3.11 bits per heavy atom. The van der Waals surface area contributed by atoms with E-state index in [1.165, 1.54) is 24.1 Å². The molecule has 0 aliphatic carbocycles. The van der Waals surface area contributed by atoms with Crippen molar-refractivity contribution in [3.8, 4) is 11.3 Å². The molecule has 2 atom stereocenters. The fraction of sp³-hybridized carbons (Fsp3) is 0.357. The fourth-order valence-corrected chi connectivity index (χ4v) is 3.42. The maximum absolute atomic E-state index is 6.07. The van der Waals surface area contributed by atoms with Crippen LogP contribution in [-0.2, 0) is 6.42 Å². The van der Waals surface area contributed by atoms with Crippen molar-refractivity contribution in [1.29, 1.82) is 0 Å². The van der Waals surface area contributed by atoms with E-state index < -0.39 is 0 Å². The lowest BCUT2D eigenvalue weighted by Crippen LogP contribution is -2.31. The third-order valence-electron chi connectivity index (χ3n) is 4.02. The van der Waals surface area contributed by atoms with Crippen molar-refractivity contribution in [3.63, 3.8) is 0 Å². The average molecular weight is 260 g/mol. The molecule has 92 valence electrons. The summed E-state index contributed by atoms with van der Waals surface area (Å²) in [6.45, 7) is 0. The summed E-state index contributed by atoms with van der Waals surface area (Å²) in [6.07, 6.45) is 3.55. The predicted molar refractivity (Wildman–Crippen MR) is 71.6 cm³/mol. The second kappa shape index (κ2) is 3.84. The molecule has 2 N–H and O–H groups in total. The van der Waals surface area contributed by atoms with Crippen LogP contribution >= 0.6 is 11.6 Å². The molecule has 2 bridgehead atoms. The summed E-state index contributed by atoms with van der Waals surface area (Å²) in [4.78, 5) is 0. The van der Waals surface area contributed by atoms with E-state index in [2.05, 4.69) is 21.6 Å². The van der Waals surface area contributed by atoms with Crippen LogP contribution in [0.3, 0.4) is 0 Å². The molecule has 3 nitrogen and oxygen atoms in total. The molecule has 2 aliphatic heterocycles. The second-order valence-corrected chi connectivity index (χ2v) is 5.61. The first-order chi connectivity index (χ1) is 8.81. The zero-order valence-corrected chi connectivity index (χ0v) is 10.7. The van der Waals surface area contributed by atoms with Crippen LogP contribution in [0.4, 0.5) is 0 Å². The van der Waals surface area contributed by atoms with E-state index in [0.717, 1.165) is 22.7 Å². The Kier molecular flexibility index (Phi) is 2.26. The van der Waals surface area contributed by atoms with E-state index in [1.54, 1.807) is 0 Å². The number of hydrogen-bond donors (Lipinski definition) is 2. The van der Waals surface area contributed by atoms with Gasteiger partial charge in [0.1, 0.15) is 0 Å². The molecule has 4 rings (SSSR count). The lowest BCUT2D eigenvalue weighted by molar-refractivity contribution is 0.511. The van der Waals surface area contributed by atoms with Crippen LogP contribution in [0.1, 0.15) is 30.1 Å². The molecular weight excluding hydrogens is 246 g/mol. The van der Waals surface area contributed by atoms with Crippen molar-refractivity contribution in [3.05, 3.63) is 40.5 Å². The van der Waals surface area contributed by atoms with Crippen LogP contribution in [0.25, 0.3) is 11.3 Å². The van der Waals surface area contributed by atoms with Gasteiger partial charge in [-0.2, -0.15) is 5.10 Å². The van der Waals surface area contributed by atoms with Gasteiger partial charge in [-0.15, -0.1) is 0 Å². The van der Waals surface area contributed by atoms with Crippen LogP contribution in [0.2, 0.25) is 5.02 Å². The monoisotopic (exact) mass is 259 g/mol. The number of aromatic amines is 1. The van der Waals surface area contributed by atoms with E-state index in [1.807, 2.05) is 18.2 Å². The minimum atomic E-state index is 0.464. The third-order valence-corrected chi connectivity index (χ3v) is 4.26. The quantitative estimate of drug-likeness (QED) is 0.826. The first-order valence-electron chi connectivity index (χ1n) is 6.40. The van der Waals surface area contributed by atoms with Crippen molar-refractivity contribution >= 4 is 11.6 Å². The molecule has 2 aliphatic rings. The van der Waals surface area contributed by atoms with Gasteiger partial charge >= 0.3 is 0 Å². The van der Waals surface area contributed by atoms with Gasteiger partial charge < -0.3 is 5.32 Å². The molecule has 1 aromatic heterocycles. The van der Waals surface area contributed by atoms with Crippen molar-refractivity contribution in [2.75, 3.05) is 0 Å². The summed E-state index contributed by atoms with van der Waals surface area (Å²) in [5.74, 6) is 0. The molecule has 3 heterocycles. The molecule has 0 radical (unpaired) electrons. The summed E-state index contributed by atoms with van der Waals surface area (Å²) >= 11 is 6.07. The Labute approximate surface area is 111 Å². The Hall–Kier alpha value is -1.32. The smallest absolute Gasteiger partial charge is 0.0971 e. The molecule has 0 amide bonds. The fourth-order valence-electron chi connectivity index (χ4n) is 3.23. The largest absolute Gasteiger partial charge is 0.307 e. The van der Waals surface area contributed by atoms with Crippen LogP contribution in [0, 0.1) is 0 Å². The zero-order chi connectivity index (χ0) is 12.1. The lowest BCUT2D eigenvalue weighted by atomic mass is 9.96. The molecule has 2 aromatic rings. The van der Waals surface area contributed by atoms with E-state index in [0.29, 0.717) is 12.1 Å². The van der Waals surface area contributed by atoms with E-state index >= 15 is 0 Å². The minimum Gasteiger partial charge on any atom is -0.307 e. The van der Waals surface area contributed by atoms with Gasteiger partial charge in [0.15, 0.2) is 0 Å². The number of rotatable bonds is 1. The Balaban J connectivity index is 1.86. The summed E-state index contributed by atoms with van der Waals surface area (Å²) < 4.78 is 0. The number of nitrogens with one attached hydrogen (secondary N) is 2. The number of aromatic nitrogens is 2. The molecule has 0 unspecified atom stereocenters. The van der Waals surface area contributed by atoms with Crippen molar-refractivity contribution in [2.45, 2.75) is 31.3 Å². The molecule has 18 heavy (non-hydrogen) atoms. The van der Waals surface area contributed by atoms with Crippen molar-refractivity contribution in [2.24, 2.45) is 0 Å². The van der Waals surface area contributed by atoms with E-state index in [9.17, 15) is 0 Å². The summed E-state index contributed by atoms with van der Waals surface area (Å²) in [5.41, 5.74) is 4.82. The lowest BCUT2D eigenvalue weighted by Gasteiger charge is -2.21. The van der Waals surface area contributed by atoms with Gasteiger partial charge in [0.2, 0.25) is 0 Å². The van der Waals surface area contributed by atoms with Gasteiger partial charge in [-0.25, -0.2) is 0 Å². The first kappa shape index (κ1) is 10.6. The van der Waals surface area contributed by atoms with Crippen LogP contribution in [0.5, 0.6) is 0 Å². The molecule has 0 spiro atoms. The molecule has 1 fully saturated rings. The zero-order valence-electron chi connectivity index (χ0n) is 9.91. The maximum Gasteiger partial charge on any atom is 0.0971 e. The topological polar surface area (TPSA) is 40.7 Å². The van der Waals surface area contributed by atoms with Gasteiger partial charge in [-0.05, 0) is 25.0 Å². The first-order valence-corrected chi connectivity index (χ1v) is 6.78. The third kappa shape index (κ3) is 1.51. The standard InChI is InChI=1S/C14H14ClN3/c15-9-3-1-2-8(6-9)14-13-11-5-4-10(16-11)7-12(13)17-18-14/h1-3,6,10-11,16H,4-5,7H2,(H,17,18)/t10-,11-/m0/s1. The predicted octanol–water partition coefficient (Wildman–Crippen LogP) is 3.08. The van der Waals surface area contributed by atoms with E-state index in [4.69, 9.17) is 11.6 Å². The van der Waals surface area contributed by atoms with Gasteiger partial charge in [0.25, 0.3) is 0 Å². The number of nitrogens with zero attached hydrogens (tertiary/aromatic N) is 1. The number of halogens is 1. The second-order valence-electron chi connectivity index (χ2n) is 5.17. The molecular formula is C14H14ClN3. The molecule has 0 saturated carbocycles. The number of benzene rings is 1. The summed E-state index contributed by atoms with van der Waals surface area (Å²) in [5, 5.41) is 12.1. The minimum absolute atomic E-state index is 0.464.